The van der Waals surface area contributed by atoms with Gasteiger partial charge in [0.15, 0.2) is 6.61 Å². The number of rotatable bonds is 8. The molecule has 0 aromatic heterocycles. The molecule has 27 heavy (non-hydrogen) atoms. The van der Waals surface area contributed by atoms with Crippen LogP contribution >= 0.6 is 0 Å². The molecule has 0 atom stereocenters. The maximum Gasteiger partial charge on any atom is 0.258 e. The summed E-state index contributed by atoms with van der Waals surface area (Å²) < 4.78 is 31.8. The molecule has 1 aliphatic heterocycles. The molecule has 0 saturated carbocycles. The number of carbonyl (C=O) groups is 1. The zero-order chi connectivity index (χ0) is 20.0. The van der Waals surface area contributed by atoms with Gasteiger partial charge in [-0.25, -0.2) is 12.7 Å². The van der Waals surface area contributed by atoms with E-state index in [1.165, 1.54) is 0 Å². The second-order valence-corrected chi connectivity index (χ2v) is 9.44. The minimum atomic E-state index is -3.16. The van der Waals surface area contributed by atoms with Crippen LogP contribution in [0.3, 0.4) is 0 Å². The number of hydrogen-bond donors (Lipinski definition) is 1. The Kier molecular flexibility index (Phi) is 7.68. The summed E-state index contributed by atoms with van der Waals surface area (Å²) in [6.45, 7) is 8.86. The fourth-order valence-corrected chi connectivity index (χ4v) is 4.97. The third-order valence-corrected chi connectivity index (χ3v) is 7.15. The third kappa shape index (κ3) is 5.94. The Hall–Kier alpha value is -1.60. The van der Waals surface area contributed by atoms with Crippen LogP contribution in [0.2, 0.25) is 0 Å². The molecule has 2 rings (SSSR count). The van der Waals surface area contributed by atoms with Crippen LogP contribution in [0.15, 0.2) is 12.1 Å². The van der Waals surface area contributed by atoms with Crippen LogP contribution in [0.4, 0.5) is 0 Å². The van der Waals surface area contributed by atoms with Crippen LogP contribution in [0.25, 0.3) is 0 Å². The molecule has 1 saturated heterocycles. The quantitative estimate of drug-likeness (QED) is 0.733. The molecule has 1 N–H and O–H groups in total. The summed E-state index contributed by atoms with van der Waals surface area (Å²) in [4.78, 5) is 12.2. The van der Waals surface area contributed by atoms with Crippen molar-refractivity contribution in [3.8, 4) is 5.75 Å². The van der Waals surface area contributed by atoms with Crippen LogP contribution in [0.5, 0.6) is 5.75 Å². The summed E-state index contributed by atoms with van der Waals surface area (Å²) >= 11 is 0. The van der Waals surface area contributed by atoms with Crippen molar-refractivity contribution in [1.29, 1.82) is 0 Å². The number of aryl methyl sites for hydroxylation is 2. The monoisotopic (exact) mass is 396 g/mol. The van der Waals surface area contributed by atoms with Crippen molar-refractivity contribution >= 4 is 15.9 Å². The van der Waals surface area contributed by atoms with Crippen molar-refractivity contribution in [1.82, 2.24) is 9.62 Å². The Morgan fingerprint density at radius 3 is 2.44 bits per heavy atom. The molecule has 1 aromatic carbocycles. The largest absolute Gasteiger partial charge is 0.483 e. The van der Waals surface area contributed by atoms with E-state index in [0.29, 0.717) is 32.4 Å². The van der Waals surface area contributed by atoms with Crippen LogP contribution in [0.1, 0.15) is 49.3 Å². The van der Waals surface area contributed by atoms with E-state index in [4.69, 9.17) is 4.74 Å². The Morgan fingerprint density at radius 1 is 1.19 bits per heavy atom. The molecule has 0 radical (unpaired) electrons. The highest BCUT2D eigenvalue weighted by molar-refractivity contribution is 7.89. The lowest BCUT2D eigenvalue weighted by Gasteiger charge is -2.31. The van der Waals surface area contributed by atoms with E-state index >= 15 is 0 Å². The highest BCUT2D eigenvalue weighted by Gasteiger charge is 2.28. The molecule has 1 aromatic rings. The number of nitrogens with zero attached hydrogens (tertiary/aromatic N) is 1. The van der Waals surface area contributed by atoms with Crippen LogP contribution in [-0.4, -0.2) is 50.1 Å². The molecule has 1 heterocycles. The maximum atomic E-state index is 12.2. The summed E-state index contributed by atoms with van der Waals surface area (Å²) in [5.74, 6) is 0.813. The lowest BCUT2D eigenvalue weighted by atomic mass is 10.1. The number of carbonyl (C=O) groups excluding carboxylic acids is 1. The van der Waals surface area contributed by atoms with Gasteiger partial charge in [0.05, 0.1) is 5.75 Å². The maximum absolute atomic E-state index is 12.2. The van der Waals surface area contributed by atoms with Gasteiger partial charge in [0.25, 0.3) is 5.91 Å². The molecule has 0 unspecified atom stereocenters. The van der Waals surface area contributed by atoms with Gasteiger partial charge in [0, 0.05) is 19.1 Å². The predicted octanol–water partition coefficient (Wildman–Crippen LogP) is 2.70. The Balaban J connectivity index is 1.81. The SMILES string of the molecule is CCCCS(=O)(=O)N1CCC(NC(=O)COc2c(C)ccc(C)c2C)CC1. The molecule has 1 fully saturated rings. The number of nitrogens with one attached hydrogen (secondary N) is 1. The first-order chi connectivity index (χ1) is 12.7. The molecular formula is C20H32N2O4S. The number of sulfonamides is 1. The van der Waals surface area contributed by atoms with E-state index in [9.17, 15) is 13.2 Å². The molecule has 7 heteroatoms. The van der Waals surface area contributed by atoms with E-state index < -0.39 is 10.0 Å². The van der Waals surface area contributed by atoms with Gasteiger partial charge in [-0.3, -0.25) is 4.79 Å². The first-order valence-corrected chi connectivity index (χ1v) is 11.3. The van der Waals surface area contributed by atoms with Gasteiger partial charge >= 0.3 is 0 Å². The lowest BCUT2D eigenvalue weighted by molar-refractivity contribution is -0.124. The van der Waals surface area contributed by atoms with Crippen molar-refractivity contribution in [2.24, 2.45) is 0 Å². The smallest absolute Gasteiger partial charge is 0.258 e. The number of ether oxygens (including phenoxy) is 1. The lowest BCUT2D eigenvalue weighted by Crippen LogP contribution is -2.48. The molecule has 0 aliphatic carbocycles. The Morgan fingerprint density at radius 2 is 1.81 bits per heavy atom. The van der Waals surface area contributed by atoms with E-state index in [1.807, 2.05) is 39.8 Å². The van der Waals surface area contributed by atoms with Gasteiger partial charge in [-0.15, -0.1) is 0 Å². The Labute approximate surface area is 163 Å². The fraction of sp³-hybridized carbons (Fsp3) is 0.650. The second kappa shape index (κ2) is 9.55. The van der Waals surface area contributed by atoms with Crippen molar-refractivity contribution in [2.45, 2.75) is 59.4 Å². The number of unbranched alkanes of at least 4 members (excludes halogenated alkanes) is 1. The average molecular weight is 397 g/mol. The summed E-state index contributed by atoms with van der Waals surface area (Å²) in [6, 6.07) is 4.03. The van der Waals surface area contributed by atoms with Crippen LogP contribution in [-0.2, 0) is 14.8 Å². The van der Waals surface area contributed by atoms with Gasteiger partial charge in [-0.2, -0.15) is 0 Å². The summed E-state index contributed by atoms with van der Waals surface area (Å²) in [5, 5.41) is 2.97. The summed E-state index contributed by atoms with van der Waals surface area (Å²) in [7, 11) is -3.16. The van der Waals surface area contributed by atoms with Gasteiger partial charge in [-0.1, -0.05) is 25.5 Å². The second-order valence-electron chi connectivity index (χ2n) is 7.35. The van der Waals surface area contributed by atoms with E-state index in [-0.39, 0.29) is 24.3 Å². The standard InChI is InChI=1S/C20H32N2O4S/c1-5-6-13-27(24,25)22-11-9-18(10-12-22)21-19(23)14-26-20-16(3)8-7-15(2)17(20)4/h7-8,18H,5-6,9-14H2,1-4H3,(H,21,23). The summed E-state index contributed by atoms with van der Waals surface area (Å²) in [5.41, 5.74) is 3.19. The van der Waals surface area contributed by atoms with Gasteiger partial charge < -0.3 is 10.1 Å². The van der Waals surface area contributed by atoms with Gasteiger partial charge in [0.1, 0.15) is 5.75 Å². The van der Waals surface area contributed by atoms with Crippen molar-refractivity contribution in [2.75, 3.05) is 25.4 Å². The first-order valence-electron chi connectivity index (χ1n) is 9.71. The number of piperidine rings is 1. The molecule has 0 bridgehead atoms. The molecule has 6 nitrogen and oxygen atoms in total. The first kappa shape index (κ1) is 21.7. The molecule has 152 valence electrons. The highest BCUT2D eigenvalue weighted by atomic mass is 32.2. The van der Waals surface area contributed by atoms with E-state index in [2.05, 4.69) is 5.32 Å². The Bertz CT molecular complexity index is 753. The predicted molar refractivity (Wildman–Crippen MR) is 108 cm³/mol. The van der Waals surface area contributed by atoms with Crippen molar-refractivity contribution in [3.05, 3.63) is 28.8 Å². The highest BCUT2D eigenvalue weighted by Crippen LogP contribution is 2.25. The molecule has 1 amide bonds. The number of amides is 1. The fourth-order valence-electron chi connectivity index (χ4n) is 3.29. The summed E-state index contributed by atoms with van der Waals surface area (Å²) in [6.07, 6.45) is 2.83. The van der Waals surface area contributed by atoms with Gasteiger partial charge in [0.2, 0.25) is 10.0 Å². The van der Waals surface area contributed by atoms with E-state index in [1.54, 1.807) is 4.31 Å². The van der Waals surface area contributed by atoms with Crippen LogP contribution < -0.4 is 10.1 Å². The van der Waals surface area contributed by atoms with Crippen LogP contribution in [0, 0.1) is 20.8 Å². The zero-order valence-corrected chi connectivity index (χ0v) is 17.7. The van der Waals surface area contributed by atoms with Crippen molar-refractivity contribution < 1.29 is 17.9 Å². The number of hydrogen-bond acceptors (Lipinski definition) is 4. The number of benzene rings is 1. The van der Waals surface area contributed by atoms with Crippen molar-refractivity contribution in [3.63, 3.8) is 0 Å². The zero-order valence-electron chi connectivity index (χ0n) is 16.9. The van der Waals surface area contributed by atoms with Gasteiger partial charge in [-0.05, 0) is 56.7 Å². The molecule has 1 aliphatic rings. The minimum absolute atomic E-state index is 0.00146. The third-order valence-electron chi connectivity index (χ3n) is 5.19. The minimum Gasteiger partial charge on any atom is -0.483 e. The average Bonchev–Trinajstić information content (AvgIpc) is 2.63. The normalized spacial score (nSPS) is 16.3. The molecule has 0 spiro atoms. The molecular weight excluding hydrogens is 364 g/mol. The van der Waals surface area contributed by atoms with E-state index in [0.717, 1.165) is 28.9 Å². The topological polar surface area (TPSA) is 75.7 Å².